The van der Waals surface area contributed by atoms with Gasteiger partial charge < -0.3 is 13.6 Å². The Morgan fingerprint density at radius 1 is 0.383 bits per heavy atom. The molecule has 3 heterocycles. The van der Waals surface area contributed by atoms with E-state index in [0.717, 1.165) is 39.2 Å². The van der Waals surface area contributed by atoms with Crippen molar-refractivity contribution in [3.63, 3.8) is 0 Å². The molecule has 0 unspecified atom stereocenters. The Balaban J connectivity index is 1.19. The zero-order chi connectivity index (χ0) is 30.9. The third-order valence-corrected chi connectivity index (χ3v) is 9.35. The number of fused-ring (bicyclic) bond motifs is 7. The maximum Gasteiger partial charge on any atom is 0.227 e. The van der Waals surface area contributed by atoms with Crippen LogP contribution in [-0.2, 0) is 0 Å². The Bertz CT molecular complexity index is 2730. The van der Waals surface area contributed by atoms with Crippen LogP contribution in [0.1, 0.15) is 0 Å². The summed E-state index contributed by atoms with van der Waals surface area (Å²) in [6, 6.07) is 58.1. The fraction of sp³-hybridized carbons (Fsp3) is 0. The summed E-state index contributed by atoms with van der Waals surface area (Å²) in [6.45, 7) is 0. The number of nitrogens with zero attached hydrogens (tertiary/aromatic N) is 3. The van der Waals surface area contributed by atoms with Crippen LogP contribution in [0.4, 0.5) is 0 Å². The van der Waals surface area contributed by atoms with E-state index in [1.165, 1.54) is 43.6 Å². The predicted molar refractivity (Wildman–Crippen MR) is 194 cm³/mol. The lowest BCUT2D eigenvalue weighted by Gasteiger charge is -2.10. The van der Waals surface area contributed by atoms with Crippen molar-refractivity contribution in [3.8, 4) is 34.0 Å². The maximum absolute atomic E-state index is 6.03. The van der Waals surface area contributed by atoms with E-state index in [9.17, 15) is 0 Å². The van der Waals surface area contributed by atoms with E-state index in [4.69, 9.17) is 4.42 Å². The SMILES string of the molecule is c1ccc(-n2c3ccccc3c3cc4c(cc32)c2ccc(-c3ccc(-c5nc6ccccc6o5)cc3)cc2n4-c2ccccc2)cc1. The molecule has 0 aliphatic rings. The molecule has 0 fully saturated rings. The van der Waals surface area contributed by atoms with Gasteiger partial charge in [0.15, 0.2) is 5.58 Å². The normalized spacial score (nSPS) is 11.8. The van der Waals surface area contributed by atoms with Gasteiger partial charge in [-0.15, -0.1) is 0 Å². The molecule has 4 heteroatoms. The number of hydrogen-bond acceptors (Lipinski definition) is 2. The zero-order valence-corrected chi connectivity index (χ0v) is 25.3. The fourth-order valence-electron chi connectivity index (χ4n) is 7.17. The number of rotatable bonds is 4. The highest BCUT2D eigenvalue weighted by Crippen LogP contribution is 2.40. The molecule has 7 aromatic carbocycles. The van der Waals surface area contributed by atoms with Gasteiger partial charge in [-0.1, -0.05) is 91.0 Å². The Morgan fingerprint density at radius 2 is 0.915 bits per heavy atom. The Kier molecular flexibility index (Phi) is 5.54. The summed E-state index contributed by atoms with van der Waals surface area (Å²) in [5, 5.41) is 4.95. The van der Waals surface area contributed by atoms with Crippen LogP contribution in [0.25, 0.3) is 88.7 Å². The monoisotopic (exact) mass is 601 g/mol. The van der Waals surface area contributed by atoms with Crippen molar-refractivity contribution in [2.45, 2.75) is 0 Å². The number of aromatic nitrogens is 3. The van der Waals surface area contributed by atoms with Crippen LogP contribution in [0.15, 0.2) is 168 Å². The number of oxazole rings is 1. The molecule has 220 valence electrons. The molecule has 10 aromatic rings. The van der Waals surface area contributed by atoms with Gasteiger partial charge in [0.1, 0.15) is 5.52 Å². The van der Waals surface area contributed by atoms with Gasteiger partial charge in [-0.05, 0) is 83.9 Å². The van der Waals surface area contributed by atoms with Crippen LogP contribution in [0.2, 0.25) is 0 Å². The minimum Gasteiger partial charge on any atom is -0.436 e. The second-order valence-electron chi connectivity index (χ2n) is 12.0. The van der Waals surface area contributed by atoms with Gasteiger partial charge in [-0.3, -0.25) is 0 Å². The molecule has 0 spiro atoms. The van der Waals surface area contributed by atoms with E-state index in [0.29, 0.717) is 5.89 Å². The summed E-state index contributed by atoms with van der Waals surface area (Å²) in [4.78, 5) is 4.69. The summed E-state index contributed by atoms with van der Waals surface area (Å²) >= 11 is 0. The Labute approximate surface area is 270 Å². The van der Waals surface area contributed by atoms with Gasteiger partial charge in [-0.25, -0.2) is 4.98 Å². The molecule has 0 aliphatic heterocycles. The topological polar surface area (TPSA) is 35.9 Å². The quantitative estimate of drug-likeness (QED) is 0.201. The van der Waals surface area contributed by atoms with E-state index in [2.05, 4.69) is 154 Å². The van der Waals surface area contributed by atoms with Gasteiger partial charge in [0.05, 0.1) is 22.1 Å². The predicted octanol–water partition coefficient (Wildman–Crippen LogP) is 11.4. The van der Waals surface area contributed by atoms with Crippen molar-refractivity contribution < 1.29 is 4.42 Å². The van der Waals surface area contributed by atoms with E-state index < -0.39 is 0 Å². The molecule has 4 nitrogen and oxygen atoms in total. The van der Waals surface area contributed by atoms with Crippen LogP contribution < -0.4 is 0 Å². The summed E-state index contributed by atoms with van der Waals surface area (Å²) in [6.07, 6.45) is 0. The van der Waals surface area contributed by atoms with Gasteiger partial charge in [0.2, 0.25) is 5.89 Å². The fourth-order valence-corrected chi connectivity index (χ4v) is 7.17. The number of hydrogen-bond donors (Lipinski definition) is 0. The summed E-state index contributed by atoms with van der Waals surface area (Å²) in [7, 11) is 0. The highest BCUT2D eigenvalue weighted by Gasteiger charge is 2.19. The lowest BCUT2D eigenvalue weighted by molar-refractivity contribution is 0.620. The molecule has 3 aromatic heterocycles. The molecule has 0 N–H and O–H groups in total. The van der Waals surface area contributed by atoms with Gasteiger partial charge in [-0.2, -0.15) is 0 Å². The lowest BCUT2D eigenvalue weighted by Crippen LogP contribution is -1.94. The maximum atomic E-state index is 6.03. The van der Waals surface area contributed by atoms with Crippen molar-refractivity contribution in [3.05, 3.63) is 164 Å². The second kappa shape index (κ2) is 10.1. The first-order chi connectivity index (χ1) is 23.3. The first kappa shape index (κ1) is 25.9. The van der Waals surface area contributed by atoms with E-state index in [1.54, 1.807) is 0 Å². The second-order valence-corrected chi connectivity index (χ2v) is 12.0. The molecule has 0 radical (unpaired) electrons. The number of benzene rings is 7. The molecule has 0 amide bonds. The summed E-state index contributed by atoms with van der Waals surface area (Å²) in [5.74, 6) is 0.636. The third kappa shape index (κ3) is 3.98. The highest BCUT2D eigenvalue weighted by molar-refractivity contribution is 6.19. The largest absolute Gasteiger partial charge is 0.436 e. The first-order valence-electron chi connectivity index (χ1n) is 15.9. The van der Waals surface area contributed by atoms with Crippen LogP contribution >= 0.6 is 0 Å². The Morgan fingerprint density at radius 3 is 1.62 bits per heavy atom. The van der Waals surface area contributed by atoms with Gasteiger partial charge in [0, 0.05) is 38.5 Å². The first-order valence-corrected chi connectivity index (χ1v) is 15.9. The van der Waals surface area contributed by atoms with E-state index in [1.807, 2.05) is 24.3 Å². The minimum absolute atomic E-state index is 0.636. The molecule has 0 saturated carbocycles. The van der Waals surface area contributed by atoms with Crippen molar-refractivity contribution >= 4 is 54.7 Å². The zero-order valence-electron chi connectivity index (χ0n) is 25.3. The molecule has 47 heavy (non-hydrogen) atoms. The number of para-hydroxylation sites is 5. The van der Waals surface area contributed by atoms with Crippen LogP contribution in [-0.4, -0.2) is 14.1 Å². The van der Waals surface area contributed by atoms with Crippen molar-refractivity contribution in [1.29, 1.82) is 0 Å². The van der Waals surface area contributed by atoms with Crippen molar-refractivity contribution in [2.75, 3.05) is 0 Å². The average molecular weight is 602 g/mol. The van der Waals surface area contributed by atoms with Crippen LogP contribution in [0.3, 0.4) is 0 Å². The summed E-state index contributed by atoms with van der Waals surface area (Å²) < 4.78 is 10.8. The smallest absolute Gasteiger partial charge is 0.227 e. The van der Waals surface area contributed by atoms with Crippen molar-refractivity contribution in [1.82, 2.24) is 14.1 Å². The summed E-state index contributed by atoms with van der Waals surface area (Å²) in [5.41, 5.74) is 12.0. The third-order valence-electron chi connectivity index (χ3n) is 9.35. The van der Waals surface area contributed by atoms with E-state index in [-0.39, 0.29) is 0 Å². The molecule has 10 rings (SSSR count). The Hall–Kier alpha value is -6.39. The van der Waals surface area contributed by atoms with E-state index >= 15 is 0 Å². The lowest BCUT2D eigenvalue weighted by atomic mass is 10.0. The molecule has 0 bridgehead atoms. The van der Waals surface area contributed by atoms with Gasteiger partial charge >= 0.3 is 0 Å². The molecular formula is C43H27N3O. The molecule has 0 atom stereocenters. The highest BCUT2D eigenvalue weighted by atomic mass is 16.3. The average Bonchev–Trinajstić information content (AvgIpc) is 3.81. The van der Waals surface area contributed by atoms with Crippen LogP contribution in [0.5, 0.6) is 0 Å². The molecular weight excluding hydrogens is 574 g/mol. The van der Waals surface area contributed by atoms with Crippen molar-refractivity contribution in [2.24, 2.45) is 0 Å². The van der Waals surface area contributed by atoms with Crippen LogP contribution in [0, 0.1) is 0 Å². The standard InChI is InChI=1S/C43H27N3O/c1-3-11-31(12-4-1)45-38-17-9-7-15-33(38)35-26-41-36(27-40(35)45)34-24-23-30(25-39(34)46(41)32-13-5-2-6-14-32)28-19-21-29(22-20-28)43-44-37-16-8-10-18-42(37)47-43/h1-27H. The minimum atomic E-state index is 0.636. The van der Waals surface area contributed by atoms with Gasteiger partial charge in [0.25, 0.3) is 0 Å². The molecule has 0 saturated heterocycles. The molecule has 0 aliphatic carbocycles.